The molecule has 0 radical (unpaired) electrons. The fourth-order valence-electron chi connectivity index (χ4n) is 1.61. The van der Waals surface area contributed by atoms with Gasteiger partial charge in [-0.3, -0.25) is 0 Å². The van der Waals surface area contributed by atoms with E-state index in [9.17, 15) is 5.26 Å². The third-order valence-electron chi connectivity index (χ3n) is 3.04. The Kier molecular flexibility index (Phi) is 7.33. The predicted octanol–water partition coefficient (Wildman–Crippen LogP) is 2.93. The molecule has 0 aliphatic carbocycles. The van der Waals surface area contributed by atoms with Crippen LogP contribution in [0.3, 0.4) is 0 Å². The third kappa shape index (κ3) is 4.71. The summed E-state index contributed by atoms with van der Waals surface area (Å²) in [5, 5.41) is 9.54. The number of hydrogen-bond acceptors (Lipinski definition) is 6. The van der Waals surface area contributed by atoms with E-state index in [2.05, 4.69) is 43.8 Å². The molecule has 0 bridgehead atoms. The van der Waals surface area contributed by atoms with Crippen molar-refractivity contribution >= 4 is 51.8 Å². The molecule has 1 aliphatic heterocycles. The van der Waals surface area contributed by atoms with Gasteiger partial charge in [0.25, 0.3) is 0 Å². The molecule has 0 amide bonds. The first-order valence-electron chi connectivity index (χ1n) is 6.31. The van der Waals surface area contributed by atoms with Crippen LogP contribution in [-0.2, 0) is 0 Å². The van der Waals surface area contributed by atoms with Gasteiger partial charge in [0.05, 0.1) is 0 Å². The molecule has 1 rings (SSSR count). The Hall–Kier alpha value is 0.390. The van der Waals surface area contributed by atoms with Crippen molar-refractivity contribution in [2.75, 3.05) is 38.7 Å². The highest BCUT2D eigenvalue weighted by Crippen LogP contribution is 2.51. The van der Waals surface area contributed by atoms with E-state index in [0.29, 0.717) is 6.04 Å². The minimum atomic E-state index is -0.466. The highest BCUT2D eigenvalue weighted by molar-refractivity contribution is 8.41. The first-order valence-corrected chi connectivity index (χ1v) is 9.51. The molecule has 0 atom stereocenters. The molecule has 0 unspecified atom stereocenters. The summed E-state index contributed by atoms with van der Waals surface area (Å²) in [4.78, 5) is 4.37. The quantitative estimate of drug-likeness (QED) is 0.730. The predicted molar refractivity (Wildman–Crippen MR) is 93.8 cm³/mol. The van der Waals surface area contributed by atoms with Crippen LogP contribution in [0.4, 0.5) is 0 Å². The van der Waals surface area contributed by atoms with E-state index in [-0.39, 0.29) is 0 Å². The summed E-state index contributed by atoms with van der Waals surface area (Å²) in [5.41, 5.74) is 0. The topological polar surface area (TPSA) is 30.3 Å². The van der Waals surface area contributed by atoms with E-state index in [1.165, 1.54) is 0 Å². The highest BCUT2D eigenvalue weighted by Gasteiger charge is 2.40. The first kappa shape index (κ1) is 17.4. The van der Waals surface area contributed by atoms with Crippen LogP contribution in [0, 0.1) is 11.3 Å². The first-order chi connectivity index (χ1) is 8.98. The number of nitriles is 1. The van der Waals surface area contributed by atoms with Gasteiger partial charge < -0.3 is 9.80 Å². The molecule has 1 fully saturated rings. The Labute approximate surface area is 134 Å². The molecular weight excluding hydrogens is 314 g/mol. The van der Waals surface area contributed by atoms with Crippen LogP contribution in [0.2, 0.25) is 0 Å². The van der Waals surface area contributed by atoms with Crippen molar-refractivity contribution in [2.45, 2.75) is 23.3 Å². The second kappa shape index (κ2) is 7.99. The number of rotatable bonds is 4. The van der Waals surface area contributed by atoms with Gasteiger partial charge in [-0.25, -0.2) is 0 Å². The summed E-state index contributed by atoms with van der Waals surface area (Å²) in [5.74, 6) is 1.98. The van der Waals surface area contributed by atoms with Gasteiger partial charge in [-0.05, 0) is 27.9 Å². The van der Waals surface area contributed by atoms with Gasteiger partial charge in [-0.1, -0.05) is 24.0 Å². The van der Waals surface area contributed by atoms with Crippen LogP contribution in [0.1, 0.15) is 13.8 Å². The zero-order valence-corrected chi connectivity index (χ0v) is 15.1. The molecular formula is C12H21N3S4. The second-order valence-corrected chi connectivity index (χ2v) is 9.54. The molecule has 0 aromatic rings. The van der Waals surface area contributed by atoms with Crippen molar-refractivity contribution in [1.82, 2.24) is 9.80 Å². The summed E-state index contributed by atoms with van der Waals surface area (Å²) < 4.78 is 0.376. The van der Waals surface area contributed by atoms with Crippen molar-refractivity contribution < 1.29 is 0 Å². The van der Waals surface area contributed by atoms with E-state index in [0.717, 1.165) is 28.9 Å². The van der Waals surface area contributed by atoms with Crippen LogP contribution in [0.5, 0.6) is 0 Å². The Morgan fingerprint density at radius 2 is 1.89 bits per heavy atom. The number of hydrogen-bond donors (Lipinski definition) is 0. The van der Waals surface area contributed by atoms with Gasteiger partial charge in [0, 0.05) is 30.6 Å². The SMILES string of the molecule is CCN(CC)C(=S)SC1(C#N)SCC(N(C)C)CS1. The standard InChI is InChI=1S/C12H21N3S4/c1-5-15(6-2)11(16)19-12(9-13)17-7-10(8-18-12)14(3)4/h10H,5-8H2,1-4H3. The molecule has 19 heavy (non-hydrogen) atoms. The maximum Gasteiger partial charge on any atom is 0.200 e. The normalized spacial score (nSPS) is 27.1. The maximum atomic E-state index is 9.54. The zero-order valence-electron chi connectivity index (χ0n) is 11.9. The number of nitrogens with zero attached hydrogens (tertiary/aromatic N) is 3. The van der Waals surface area contributed by atoms with Gasteiger partial charge in [0.1, 0.15) is 10.4 Å². The number of thiocarbonyl (C=S) groups is 1. The highest BCUT2D eigenvalue weighted by atomic mass is 32.3. The largest absolute Gasteiger partial charge is 0.358 e. The zero-order chi connectivity index (χ0) is 14.5. The monoisotopic (exact) mass is 335 g/mol. The van der Waals surface area contributed by atoms with E-state index < -0.39 is 3.41 Å². The summed E-state index contributed by atoms with van der Waals surface area (Å²) in [6.07, 6.45) is 0. The number of thioether (sulfide) groups is 3. The van der Waals surface area contributed by atoms with Gasteiger partial charge in [0.2, 0.25) is 3.41 Å². The van der Waals surface area contributed by atoms with Crippen molar-refractivity contribution in [2.24, 2.45) is 0 Å². The fourth-order valence-corrected chi connectivity index (χ4v) is 7.25. The Morgan fingerprint density at radius 3 is 2.26 bits per heavy atom. The van der Waals surface area contributed by atoms with Crippen molar-refractivity contribution in [1.29, 1.82) is 5.26 Å². The maximum absolute atomic E-state index is 9.54. The smallest absolute Gasteiger partial charge is 0.200 e. The van der Waals surface area contributed by atoms with E-state index in [1.54, 1.807) is 35.3 Å². The summed E-state index contributed by atoms with van der Waals surface area (Å²) >= 11 is 10.5. The molecule has 1 saturated heterocycles. The third-order valence-corrected chi connectivity index (χ3v) is 8.30. The molecule has 0 spiro atoms. The van der Waals surface area contributed by atoms with Gasteiger partial charge in [-0.2, -0.15) is 5.26 Å². The molecule has 0 N–H and O–H groups in total. The van der Waals surface area contributed by atoms with Crippen LogP contribution in [0.15, 0.2) is 0 Å². The lowest BCUT2D eigenvalue weighted by molar-refractivity contribution is 0.343. The second-order valence-electron chi connectivity index (χ2n) is 4.45. The lowest BCUT2D eigenvalue weighted by Crippen LogP contribution is -2.40. The lowest BCUT2D eigenvalue weighted by atomic mass is 10.4. The van der Waals surface area contributed by atoms with Crippen LogP contribution in [-0.4, -0.2) is 62.3 Å². The minimum Gasteiger partial charge on any atom is -0.358 e. The summed E-state index contributed by atoms with van der Waals surface area (Å²) in [7, 11) is 4.19. The molecule has 1 aliphatic rings. The average Bonchev–Trinajstić information content (AvgIpc) is 2.40. The minimum absolute atomic E-state index is 0.466. The van der Waals surface area contributed by atoms with E-state index in [4.69, 9.17) is 12.2 Å². The van der Waals surface area contributed by atoms with Crippen LogP contribution < -0.4 is 0 Å². The van der Waals surface area contributed by atoms with Gasteiger partial charge >= 0.3 is 0 Å². The van der Waals surface area contributed by atoms with Gasteiger partial charge in [-0.15, -0.1) is 23.5 Å². The van der Waals surface area contributed by atoms with Crippen LogP contribution >= 0.6 is 47.5 Å². The molecule has 0 saturated carbocycles. The summed E-state index contributed by atoms with van der Waals surface area (Å²) in [6, 6.07) is 3.01. The fraction of sp³-hybridized carbons (Fsp3) is 0.833. The molecule has 1 heterocycles. The lowest BCUT2D eigenvalue weighted by Gasteiger charge is -2.37. The van der Waals surface area contributed by atoms with E-state index >= 15 is 0 Å². The Balaban J connectivity index is 2.64. The Morgan fingerprint density at radius 1 is 1.37 bits per heavy atom. The van der Waals surface area contributed by atoms with Crippen molar-refractivity contribution in [3.8, 4) is 6.07 Å². The van der Waals surface area contributed by atoms with Crippen LogP contribution in [0.25, 0.3) is 0 Å². The molecule has 0 aromatic heterocycles. The van der Waals surface area contributed by atoms with Crippen molar-refractivity contribution in [3.63, 3.8) is 0 Å². The molecule has 3 nitrogen and oxygen atoms in total. The molecule has 7 heteroatoms. The summed E-state index contributed by atoms with van der Waals surface area (Å²) in [6.45, 7) is 6.00. The molecule has 0 aromatic carbocycles. The Bertz CT molecular complexity index is 341. The molecule has 108 valence electrons. The average molecular weight is 336 g/mol. The van der Waals surface area contributed by atoms with Gasteiger partial charge in [0.15, 0.2) is 0 Å². The van der Waals surface area contributed by atoms with E-state index in [1.807, 2.05) is 0 Å². The van der Waals surface area contributed by atoms with Crippen molar-refractivity contribution in [3.05, 3.63) is 0 Å².